The fourth-order valence-corrected chi connectivity index (χ4v) is 1.62. The van der Waals surface area contributed by atoms with Crippen LogP contribution in [0.25, 0.3) is 10.4 Å². The van der Waals surface area contributed by atoms with E-state index in [9.17, 15) is 4.39 Å². The van der Waals surface area contributed by atoms with E-state index >= 15 is 0 Å². The summed E-state index contributed by atoms with van der Waals surface area (Å²) in [6.45, 7) is 0. The zero-order valence-corrected chi connectivity index (χ0v) is 12.1. The number of aromatic nitrogens is 1. The summed E-state index contributed by atoms with van der Waals surface area (Å²) >= 11 is 5.75. The lowest BCUT2D eigenvalue weighted by Gasteiger charge is -1.94. The Morgan fingerprint density at radius 1 is 1.29 bits per heavy atom. The molecule has 1 heterocycles. The number of halogens is 3. The fraction of sp³-hybridized carbons (Fsp3) is 0. The predicted molar refractivity (Wildman–Crippen MR) is 75.5 cm³/mol. The average Bonchev–Trinajstić information content (AvgIpc) is 2.74. The second-order valence-electron chi connectivity index (χ2n) is 2.38. The van der Waals surface area contributed by atoms with Crippen molar-refractivity contribution in [3.05, 3.63) is 41.8 Å². The second kappa shape index (κ2) is 6.67. The van der Waals surface area contributed by atoms with Crippen LogP contribution >= 0.6 is 48.6 Å². The van der Waals surface area contributed by atoms with Gasteiger partial charge in [-0.25, -0.2) is 4.39 Å². The molecule has 74 valence electrons. The smallest absolute Gasteiger partial charge is 0.123 e. The first-order chi connectivity index (χ1) is 6.86. The van der Waals surface area contributed by atoms with Crippen molar-refractivity contribution in [3.63, 3.8) is 0 Å². The van der Waals surface area contributed by atoms with E-state index in [1.807, 2.05) is 6.07 Å². The Kier molecular flexibility index (Phi) is 5.87. The standard InChI is InChI=1S/C9H6FNS.I2/c10-8-3-1-2-7(4-8)9-5-11-6-12-9;1-2/h1-6H;. The first-order valence-electron chi connectivity index (χ1n) is 3.65. The third-order valence-corrected chi connectivity index (χ3v) is 2.36. The van der Waals surface area contributed by atoms with Crippen LogP contribution in [-0.4, -0.2) is 4.98 Å². The molecule has 1 aromatic carbocycles. The van der Waals surface area contributed by atoms with Gasteiger partial charge in [-0.1, -0.05) is 12.1 Å². The van der Waals surface area contributed by atoms with Crippen molar-refractivity contribution in [2.45, 2.75) is 0 Å². The molecule has 14 heavy (non-hydrogen) atoms. The first kappa shape index (κ1) is 12.3. The molecule has 0 N–H and O–H groups in total. The molecule has 0 aliphatic heterocycles. The van der Waals surface area contributed by atoms with E-state index in [4.69, 9.17) is 0 Å². The number of thiazole rings is 1. The molecule has 2 aromatic rings. The molecule has 0 unspecified atom stereocenters. The van der Waals surface area contributed by atoms with E-state index in [0.29, 0.717) is 0 Å². The molecule has 1 aromatic heterocycles. The molecule has 0 aliphatic rings. The van der Waals surface area contributed by atoms with E-state index in [2.05, 4.69) is 42.2 Å². The van der Waals surface area contributed by atoms with Gasteiger partial charge in [0.25, 0.3) is 0 Å². The van der Waals surface area contributed by atoms with Gasteiger partial charge in [0.05, 0.1) is 10.4 Å². The van der Waals surface area contributed by atoms with Crippen LogP contribution in [0.4, 0.5) is 4.39 Å². The molecule has 0 atom stereocenters. The summed E-state index contributed by atoms with van der Waals surface area (Å²) in [7, 11) is 0. The first-order valence-corrected chi connectivity index (χ1v) is 10.8. The van der Waals surface area contributed by atoms with Crippen LogP contribution in [0.3, 0.4) is 0 Å². The molecule has 0 radical (unpaired) electrons. The van der Waals surface area contributed by atoms with Gasteiger partial charge in [-0.2, -0.15) is 0 Å². The Morgan fingerprint density at radius 3 is 2.64 bits per heavy atom. The van der Waals surface area contributed by atoms with Crippen LogP contribution < -0.4 is 0 Å². The molecular weight excluding hydrogens is 427 g/mol. The highest BCUT2D eigenvalue weighted by molar-refractivity contribution is 15.0. The summed E-state index contributed by atoms with van der Waals surface area (Å²) in [5, 5.41) is 0. The minimum atomic E-state index is -0.207. The fourth-order valence-electron chi connectivity index (χ4n) is 1.00. The molecule has 0 fully saturated rings. The van der Waals surface area contributed by atoms with Crippen molar-refractivity contribution >= 4 is 48.6 Å². The molecule has 0 saturated carbocycles. The highest BCUT2D eigenvalue weighted by atomic mass is 128. The third kappa shape index (κ3) is 3.43. The van der Waals surface area contributed by atoms with Crippen LogP contribution in [0.2, 0.25) is 0 Å². The summed E-state index contributed by atoms with van der Waals surface area (Å²) in [4.78, 5) is 4.92. The van der Waals surface area contributed by atoms with Gasteiger partial charge in [0.15, 0.2) is 0 Å². The lowest BCUT2D eigenvalue weighted by atomic mass is 10.2. The van der Waals surface area contributed by atoms with E-state index in [0.717, 1.165) is 10.4 Å². The number of benzene rings is 1. The van der Waals surface area contributed by atoms with E-state index < -0.39 is 0 Å². The molecule has 0 saturated heterocycles. The number of nitrogens with zero attached hydrogens (tertiary/aromatic N) is 1. The summed E-state index contributed by atoms with van der Waals surface area (Å²) in [5.41, 5.74) is 2.62. The Balaban J connectivity index is 0.000000461. The molecule has 0 bridgehead atoms. The van der Waals surface area contributed by atoms with Gasteiger partial charge in [0.1, 0.15) is 5.82 Å². The van der Waals surface area contributed by atoms with Crippen LogP contribution in [0.1, 0.15) is 0 Å². The number of hydrogen-bond donors (Lipinski definition) is 0. The van der Waals surface area contributed by atoms with Crippen molar-refractivity contribution < 1.29 is 4.39 Å². The van der Waals surface area contributed by atoms with Crippen molar-refractivity contribution in [3.8, 4) is 10.4 Å². The molecule has 0 amide bonds. The van der Waals surface area contributed by atoms with Crippen molar-refractivity contribution in [1.82, 2.24) is 4.98 Å². The minimum absolute atomic E-state index is 0.207. The van der Waals surface area contributed by atoms with Crippen LogP contribution in [0, 0.1) is 5.82 Å². The molecule has 1 nitrogen and oxygen atoms in total. The normalized spacial score (nSPS) is 9.07. The van der Waals surface area contributed by atoms with E-state index in [1.54, 1.807) is 17.8 Å². The lowest BCUT2D eigenvalue weighted by molar-refractivity contribution is 0.628. The topological polar surface area (TPSA) is 12.9 Å². The van der Waals surface area contributed by atoms with Crippen LogP contribution in [-0.2, 0) is 0 Å². The Bertz CT molecular complexity index is 378. The largest absolute Gasteiger partial charge is 0.252 e. The number of rotatable bonds is 1. The van der Waals surface area contributed by atoms with Gasteiger partial charge in [0, 0.05) is 43.4 Å². The zero-order chi connectivity index (χ0) is 10.4. The summed E-state index contributed by atoms with van der Waals surface area (Å²) in [6.07, 6.45) is 1.74. The average molecular weight is 433 g/mol. The molecule has 0 aliphatic carbocycles. The van der Waals surface area contributed by atoms with E-state index in [-0.39, 0.29) is 5.82 Å². The molecule has 2 rings (SSSR count). The molecular formula is C9H6FI2NS. The third-order valence-electron chi connectivity index (χ3n) is 1.54. The van der Waals surface area contributed by atoms with E-state index in [1.165, 1.54) is 23.5 Å². The van der Waals surface area contributed by atoms with Crippen molar-refractivity contribution in [2.24, 2.45) is 0 Å². The Morgan fingerprint density at radius 2 is 2.07 bits per heavy atom. The maximum atomic E-state index is 12.7. The van der Waals surface area contributed by atoms with Gasteiger partial charge >= 0.3 is 0 Å². The highest BCUT2D eigenvalue weighted by Gasteiger charge is 1.99. The van der Waals surface area contributed by atoms with Crippen LogP contribution in [0.5, 0.6) is 0 Å². The summed E-state index contributed by atoms with van der Waals surface area (Å²) in [5.74, 6) is -0.207. The highest BCUT2D eigenvalue weighted by Crippen LogP contribution is 2.23. The summed E-state index contributed by atoms with van der Waals surface area (Å²) in [6, 6.07) is 6.51. The van der Waals surface area contributed by atoms with Gasteiger partial charge < -0.3 is 0 Å². The number of hydrogen-bond acceptors (Lipinski definition) is 2. The Hall–Kier alpha value is 0.240. The van der Waals surface area contributed by atoms with Gasteiger partial charge in [0.2, 0.25) is 0 Å². The van der Waals surface area contributed by atoms with Crippen molar-refractivity contribution in [1.29, 1.82) is 0 Å². The van der Waals surface area contributed by atoms with Crippen LogP contribution in [0.15, 0.2) is 36.0 Å². The maximum absolute atomic E-state index is 12.7. The minimum Gasteiger partial charge on any atom is -0.252 e. The maximum Gasteiger partial charge on any atom is 0.123 e. The quantitative estimate of drug-likeness (QED) is 0.594. The van der Waals surface area contributed by atoms with Crippen molar-refractivity contribution in [2.75, 3.05) is 0 Å². The zero-order valence-electron chi connectivity index (χ0n) is 6.95. The van der Waals surface area contributed by atoms with Gasteiger partial charge in [-0.3, -0.25) is 4.98 Å². The monoisotopic (exact) mass is 433 g/mol. The second-order valence-corrected chi connectivity index (χ2v) is 3.26. The predicted octanol–water partition coefficient (Wildman–Crippen LogP) is 4.72. The van der Waals surface area contributed by atoms with Gasteiger partial charge in [-0.05, 0) is 17.7 Å². The molecule has 5 heteroatoms. The molecule has 0 spiro atoms. The summed E-state index contributed by atoms with van der Waals surface area (Å²) < 4.78 is 12.7. The Labute approximate surface area is 109 Å². The lowest BCUT2D eigenvalue weighted by Crippen LogP contribution is -1.74. The SMILES string of the molecule is Fc1cccc(-c2cncs2)c1.II. The van der Waals surface area contributed by atoms with Gasteiger partial charge in [-0.15, -0.1) is 11.3 Å².